The van der Waals surface area contributed by atoms with E-state index in [0.29, 0.717) is 29.6 Å². The molecule has 0 aliphatic carbocycles. The minimum absolute atomic E-state index is 0.0595. The van der Waals surface area contributed by atoms with Gasteiger partial charge in [-0.05, 0) is 36.6 Å². The summed E-state index contributed by atoms with van der Waals surface area (Å²) in [6.45, 7) is 4.07. The predicted octanol–water partition coefficient (Wildman–Crippen LogP) is 4.80. The number of amides is 1. The third-order valence-electron chi connectivity index (χ3n) is 4.80. The van der Waals surface area contributed by atoms with Crippen LogP contribution in [0.15, 0.2) is 47.0 Å². The van der Waals surface area contributed by atoms with Crippen molar-refractivity contribution in [2.24, 2.45) is 0 Å². The number of hydrogen-bond acceptors (Lipinski definition) is 5. The smallest absolute Gasteiger partial charge is 0.224 e. The van der Waals surface area contributed by atoms with Gasteiger partial charge in [0.05, 0.1) is 26.0 Å². The Kier molecular flexibility index (Phi) is 6.54. The fourth-order valence-electron chi connectivity index (χ4n) is 3.18. The second-order valence-corrected chi connectivity index (χ2v) is 6.70. The van der Waals surface area contributed by atoms with Crippen molar-refractivity contribution in [3.63, 3.8) is 0 Å². The highest BCUT2D eigenvalue weighted by Crippen LogP contribution is 2.33. The third-order valence-corrected chi connectivity index (χ3v) is 4.80. The number of anilines is 1. The summed E-state index contributed by atoms with van der Waals surface area (Å²) in [5.74, 6) is 2.37. The zero-order chi connectivity index (χ0) is 20.8. The summed E-state index contributed by atoms with van der Waals surface area (Å²) < 4.78 is 16.5. The van der Waals surface area contributed by atoms with Crippen molar-refractivity contribution >= 4 is 11.6 Å². The Balaban J connectivity index is 1.66. The molecule has 6 nitrogen and oxygen atoms in total. The Morgan fingerprint density at radius 2 is 2.00 bits per heavy atom. The Morgan fingerprint density at radius 1 is 1.17 bits per heavy atom. The molecule has 0 radical (unpaired) electrons. The molecule has 0 spiro atoms. The maximum Gasteiger partial charge on any atom is 0.224 e. The predicted molar refractivity (Wildman–Crippen MR) is 113 cm³/mol. The first-order chi connectivity index (χ1) is 14.0. The van der Waals surface area contributed by atoms with Crippen LogP contribution in [0.5, 0.6) is 11.5 Å². The number of methoxy groups -OCH3 is 2. The van der Waals surface area contributed by atoms with Crippen LogP contribution in [-0.2, 0) is 17.6 Å². The van der Waals surface area contributed by atoms with Crippen LogP contribution in [0, 0.1) is 6.92 Å². The molecule has 152 valence electrons. The van der Waals surface area contributed by atoms with Crippen molar-refractivity contribution in [3.05, 3.63) is 59.6 Å². The highest BCUT2D eigenvalue weighted by Gasteiger charge is 2.14. The summed E-state index contributed by atoms with van der Waals surface area (Å²) in [5.41, 5.74) is 3.87. The molecule has 1 N–H and O–H groups in total. The lowest BCUT2D eigenvalue weighted by Gasteiger charge is -2.12. The molecule has 2 aromatic carbocycles. The number of para-hydroxylation sites is 1. The summed E-state index contributed by atoms with van der Waals surface area (Å²) in [7, 11) is 3.20. The number of aromatic nitrogens is 1. The van der Waals surface area contributed by atoms with Crippen molar-refractivity contribution < 1.29 is 18.7 Å². The van der Waals surface area contributed by atoms with E-state index in [0.717, 1.165) is 28.8 Å². The van der Waals surface area contributed by atoms with Gasteiger partial charge in [0.1, 0.15) is 11.5 Å². The summed E-state index contributed by atoms with van der Waals surface area (Å²) in [4.78, 5) is 16.7. The molecule has 29 heavy (non-hydrogen) atoms. The number of carbonyl (C=O) groups is 1. The molecule has 3 rings (SSSR count). The van der Waals surface area contributed by atoms with Gasteiger partial charge in [-0.25, -0.2) is 4.98 Å². The van der Waals surface area contributed by atoms with Crippen LogP contribution in [0.4, 0.5) is 5.69 Å². The fourth-order valence-corrected chi connectivity index (χ4v) is 3.18. The average molecular weight is 394 g/mol. The molecule has 6 heteroatoms. The molecule has 3 aromatic rings. The number of benzene rings is 2. The van der Waals surface area contributed by atoms with E-state index in [1.165, 1.54) is 0 Å². The largest absolute Gasteiger partial charge is 0.497 e. The van der Waals surface area contributed by atoms with Gasteiger partial charge in [0, 0.05) is 24.6 Å². The highest BCUT2D eigenvalue weighted by atomic mass is 16.5. The van der Waals surface area contributed by atoms with Crippen molar-refractivity contribution in [1.29, 1.82) is 0 Å². The quantitative estimate of drug-likeness (QED) is 0.594. The first-order valence-corrected chi connectivity index (χ1v) is 9.61. The minimum atomic E-state index is -0.0595. The number of rotatable bonds is 8. The van der Waals surface area contributed by atoms with Crippen LogP contribution in [0.1, 0.15) is 30.4 Å². The van der Waals surface area contributed by atoms with Gasteiger partial charge in [0.15, 0.2) is 11.7 Å². The van der Waals surface area contributed by atoms with E-state index in [2.05, 4.69) is 17.2 Å². The van der Waals surface area contributed by atoms with Gasteiger partial charge < -0.3 is 19.2 Å². The first kappa shape index (κ1) is 20.5. The number of nitrogens with zero attached hydrogens (tertiary/aromatic N) is 1. The van der Waals surface area contributed by atoms with Crippen molar-refractivity contribution in [1.82, 2.24) is 4.98 Å². The molecule has 0 fully saturated rings. The van der Waals surface area contributed by atoms with Gasteiger partial charge in [0.25, 0.3) is 0 Å². The van der Waals surface area contributed by atoms with Gasteiger partial charge in [-0.3, -0.25) is 4.79 Å². The van der Waals surface area contributed by atoms with Gasteiger partial charge in [-0.2, -0.15) is 0 Å². The van der Waals surface area contributed by atoms with E-state index < -0.39 is 0 Å². The third kappa shape index (κ3) is 4.77. The lowest BCUT2D eigenvalue weighted by Crippen LogP contribution is -2.14. The van der Waals surface area contributed by atoms with E-state index in [4.69, 9.17) is 13.9 Å². The van der Waals surface area contributed by atoms with E-state index in [9.17, 15) is 4.79 Å². The van der Waals surface area contributed by atoms with Gasteiger partial charge in [-0.15, -0.1) is 0 Å². The van der Waals surface area contributed by atoms with Crippen LogP contribution in [0.25, 0.3) is 11.3 Å². The average Bonchev–Trinajstić information content (AvgIpc) is 3.22. The normalized spacial score (nSPS) is 10.6. The Bertz CT molecular complexity index is 994. The lowest BCUT2D eigenvalue weighted by molar-refractivity contribution is -0.116. The molecule has 0 unspecified atom stereocenters. The molecular weight excluding hydrogens is 368 g/mol. The molecule has 1 amide bonds. The first-order valence-electron chi connectivity index (χ1n) is 9.61. The number of oxazole rings is 1. The SMILES string of the molecule is CCc1cccc(C)c1NC(=O)CCc1ncc(-c2ccc(OC)cc2OC)o1. The van der Waals surface area contributed by atoms with Crippen molar-refractivity contribution in [2.45, 2.75) is 33.1 Å². The molecule has 1 heterocycles. The van der Waals surface area contributed by atoms with E-state index in [-0.39, 0.29) is 12.3 Å². The van der Waals surface area contributed by atoms with Crippen LogP contribution in [0.2, 0.25) is 0 Å². The van der Waals surface area contributed by atoms with Crippen LogP contribution < -0.4 is 14.8 Å². The van der Waals surface area contributed by atoms with Crippen LogP contribution in [-0.4, -0.2) is 25.1 Å². The van der Waals surface area contributed by atoms with Crippen LogP contribution in [0.3, 0.4) is 0 Å². The minimum Gasteiger partial charge on any atom is -0.497 e. The maximum atomic E-state index is 12.4. The zero-order valence-corrected chi connectivity index (χ0v) is 17.2. The topological polar surface area (TPSA) is 73.6 Å². The number of carbonyl (C=O) groups excluding carboxylic acids is 1. The molecule has 0 saturated heterocycles. The monoisotopic (exact) mass is 394 g/mol. The van der Waals surface area contributed by atoms with Gasteiger partial charge in [0.2, 0.25) is 5.91 Å². The van der Waals surface area contributed by atoms with Crippen LogP contribution >= 0.6 is 0 Å². The molecule has 0 bridgehead atoms. The number of nitrogens with one attached hydrogen (secondary N) is 1. The van der Waals surface area contributed by atoms with E-state index in [1.54, 1.807) is 26.5 Å². The fraction of sp³-hybridized carbons (Fsp3) is 0.304. The lowest BCUT2D eigenvalue weighted by atomic mass is 10.1. The van der Waals surface area contributed by atoms with Crippen molar-refractivity contribution in [2.75, 3.05) is 19.5 Å². The summed E-state index contributed by atoms with van der Waals surface area (Å²) in [6, 6.07) is 11.5. The second kappa shape index (κ2) is 9.28. The van der Waals surface area contributed by atoms with Gasteiger partial charge in [-0.1, -0.05) is 25.1 Å². The maximum absolute atomic E-state index is 12.4. The molecule has 0 aliphatic heterocycles. The van der Waals surface area contributed by atoms with E-state index in [1.807, 2.05) is 37.3 Å². The summed E-state index contributed by atoms with van der Waals surface area (Å²) in [6.07, 6.45) is 3.22. The van der Waals surface area contributed by atoms with Crippen molar-refractivity contribution in [3.8, 4) is 22.8 Å². The molecule has 1 aromatic heterocycles. The molecule has 0 atom stereocenters. The summed E-state index contributed by atoms with van der Waals surface area (Å²) >= 11 is 0. The summed E-state index contributed by atoms with van der Waals surface area (Å²) in [5, 5.41) is 3.03. The zero-order valence-electron chi connectivity index (χ0n) is 17.2. The number of aryl methyl sites for hydroxylation is 3. The van der Waals surface area contributed by atoms with E-state index >= 15 is 0 Å². The molecular formula is C23H26N2O4. The molecule has 0 aliphatic rings. The molecule has 0 saturated carbocycles. The Hall–Kier alpha value is -3.28. The Labute approximate surface area is 170 Å². The highest BCUT2D eigenvalue weighted by molar-refractivity contribution is 5.92. The number of hydrogen-bond donors (Lipinski definition) is 1. The Morgan fingerprint density at radius 3 is 2.72 bits per heavy atom. The second-order valence-electron chi connectivity index (χ2n) is 6.70. The van der Waals surface area contributed by atoms with Gasteiger partial charge >= 0.3 is 0 Å². The number of ether oxygens (including phenoxy) is 2. The standard InChI is InChI=1S/C23H26N2O4/c1-5-16-8-6-7-15(2)23(16)25-21(26)11-12-22-24-14-20(29-22)18-10-9-17(27-3)13-19(18)28-4/h6-10,13-14H,5,11-12H2,1-4H3,(H,25,26).